The predicted molar refractivity (Wildman–Crippen MR) is 114 cm³/mol. The highest BCUT2D eigenvalue weighted by molar-refractivity contribution is 6.31. The second-order valence-corrected chi connectivity index (χ2v) is 8.70. The van der Waals surface area contributed by atoms with Crippen molar-refractivity contribution < 1.29 is 0 Å². The van der Waals surface area contributed by atoms with Crippen LogP contribution < -0.4 is 9.80 Å². The van der Waals surface area contributed by atoms with Gasteiger partial charge in [0.1, 0.15) is 0 Å². The van der Waals surface area contributed by atoms with Gasteiger partial charge in [0, 0.05) is 50.2 Å². The second-order valence-electron chi connectivity index (χ2n) is 8.29. The summed E-state index contributed by atoms with van der Waals surface area (Å²) in [5, 5.41) is 0.909. The van der Waals surface area contributed by atoms with Crippen molar-refractivity contribution in [1.82, 2.24) is 4.90 Å². The maximum Gasteiger partial charge on any atom is 0.0644 e. The fraction of sp³-hybridized carbons (Fsp3) is 0.478. The number of hydrogen-bond acceptors (Lipinski definition) is 3. The van der Waals surface area contributed by atoms with Gasteiger partial charge in [-0.15, -0.1) is 0 Å². The lowest BCUT2D eigenvalue weighted by molar-refractivity contribution is 0.191. The standard InChI is InChI=1S/C23H28ClN3/c1-25-14-15-27-21-11-13-26(12-5-7-17-6-2-3-9-20(17)24)16-19(21)18-8-4-10-22(25)23(18)27/h2-4,6,8-10,19,21H,5,7,11-16H2,1H3/t19-,21-/m0/s1. The van der Waals surface area contributed by atoms with Crippen molar-refractivity contribution in [3.63, 3.8) is 0 Å². The third-order valence-electron chi connectivity index (χ3n) is 6.76. The number of benzene rings is 2. The molecular formula is C23H28ClN3. The molecular weight excluding hydrogens is 354 g/mol. The maximum absolute atomic E-state index is 6.32. The lowest BCUT2D eigenvalue weighted by atomic mass is 9.89. The largest absolute Gasteiger partial charge is 0.371 e. The molecule has 0 bridgehead atoms. The molecule has 142 valence electrons. The first-order valence-electron chi connectivity index (χ1n) is 10.3. The number of para-hydroxylation sites is 1. The summed E-state index contributed by atoms with van der Waals surface area (Å²) >= 11 is 6.32. The summed E-state index contributed by atoms with van der Waals surface area (Å²) in [7, 11) is 2.23. The molecule has 5 rings (SSSR count). The van der Waals surface area contributed by atoms with Crippen LogP contribution in [0.3, 0.4) is 0 Å². The molecule has 27 heavy (non-hydrogen) atoms. The normalized spacial score (nSPS) is 24.1. The van der Waals surface area contributed by atoms with E-state index in [1.54, 1.807) is 5.56 Å². The molecule has 2 aromatic carbocycles. The fourth-order valence-electron chi connectivity index (χ4n) is 5.37. The minimum absolute atomic E-state index is 0.667. The highest BCUT2D eigenvalue weighted by atomic mass is 35.5. The number of aryl methyl sites for hydroxylation is 1. The zero-order valence-electron chi connectivity index (χ0n) is 16.1. The summed E-state index contributed by atoms with van der Waals surface area (Å²) in [4.78, 5) is 7.82. The van der Waals surface area contributed by atoms with E-state index in [0.717, 1.165) is 18.0 Å². The molecule has 1 fully saturated rings. The fourth-order valence-corrected chi connectivity index (χ4v) is 5.60. The Morgan fingerprint density at radius 2 is 1.93 bits per heavy atom. The van der Waals surface area contributed by atoms with Crippen LogP contribution in [0.15, 0.2) is 42.5 Å². The molecule has 3 heterocycles. The average molecular weight is 382 g/mol. The van der Waals surface area contributed by atoms with E-state index in [1.807, 2.05) is 12.1 Å². The quantitative estimate of drug-likeness (QED) is 0.777. The van der Waals surface area contributed by atoms with Crippen molar-refractivity contribution in [2.24, 2.45) is 0 Å². The van der Waals surface area contributed by atoms with E-state index < -0.39 is 0 Å². The van der Waals surface area contributed by atoms with Crippen LogP contribution in [0, 0.1) is 0 Å². The highest BCUT2D eigenvalue weighted by Gasteiger charge is 2.44. The third-order valence-corrected chi connectivity index (χ3v) is 7.13. The van der Waals surface area contributed by atoms with Crippen LogP contribution >= 0.6 is 11.6 Å². The molecule has 0 aliphatic carbocycles. The molecule has 2 atom stereocenters. The lowest BCUT2D eigenvalue weighted by Gasteiger charge is -2.41. The smallest absolute Gasteiger partial charge is 0.0644 e. The Labute approximate surface area is 167 Å². The Balaban J connectivity index is 1.28. The predicted octanol–water partition coefficient (Wildman–Crippen LogP) is 4.40. The molecule has 3 aliphatic heterocycles. The number of rotatable bonds is 4. The zero-order chi connectivity index (χ0) is 18.4. The molecule has 0 spiro atoms. The number of fused-ring (bicyclic) bond motifs is 3. The minimum Gasteiger partial charge on any atom is -0.371 e. The number of piperidine rings is 1. The van der Waals surface area contributed by atoms with Crippen LogP contribution in [-0.4, -0.2) is 50.7 Å². The van der Waals surface area contributed by atoms with Crippen molar-refractivity contribution >= 4 is 23.0 Å². The molecule has 3 aliphatic rings. The monoisotopic (exact) mass is 381 g/mol. The molecule has 0 saturated carbocycles. The van der Waals surface area contributed by atoms with Crippen molar-refractivity contribution in [2.45, 2.75) is 31.2 Å². The Morgan fingerprint density at radius 3 is 2.81 bits per heavy atom. The molecule has 0 unspecified atom stereocenters. The van der Waals surface area contributed by atoms with Crippen LogP contribution in [0.4, 0.5) is 11.4 Å². The van der Waals surface area contributed by atoms with E-state index >= 15 is 0 Å². The van der Waals surface area contributed by atoms with Gasteiger partial charge in [-0.05, 0) is 49.1 Å². The molecule has 0 N–H and O–H groups in total. The van der Waals surface area contributed by atoms with Gasteiger partial charge in [0.05, 0.1) is 11.4 Å². The van der Waals surface area contributed by atoms with Gasteiger partial charge in [-0.1, -0.05) is 41.9 Å². The molecule has 1 saturated heterocycles. The first-order valence-corrected chi connectivity index (χ1v) is 10.7. The van der Waals surface area contributed by atoms with Gasteiger partial charge < -0.3 is 14.7 Å². The Bertz CT molecular complexity index is 836. The number of anilines is 2. The maximum atomic E-state index is 6.32. The number of nitrogens with zero attached hydrogens (tertiary/aromatic N) is 3. The molecule has 2 aromatic rings. The van der Waals surface area contributed by atoms with E-state index in [2.05, 4.69) is 52.1 Å². The summed E-state index contributed by atoms with van der Waals surface area (Å²) < 4.78 is 0. The van der Waals surface area contributed by atoms with Gasteiger partial charge in [-0.3, -0.25) is 0 Å². The summed E-state index contributed by atoms with van der Waals surface area (Å²) in [6.07, 6.45) is 3.54. The molecule has 0 aromatic heterocycles. The number of likely N-dealkylation sites (N-methyl/N-ethyl adjacent to an activating group) is 1. The highest BCUT2D eigenvalue weighted by Crippen LogP contribution is 2.50. The summed E-state index contributed by atoms with van der Waals surface area (Å²) in [6.45, 7) is 5.90. The lowest BCUT2D eigenvalue weighted by Crippen LogP contribution is -2.49. The van der Waals surface area contributed by atoms with E-state index in [4.69, 9.17) is 11.6 Å². The number of hydrogen-bond donors (Lipinski definition) is 0. The van der Waals surface area contributed by atoms with Crippen molar-refractivity contribution in [1.29, 1.82) is 0 Å². The van der Waals surface area contributed by atoms with Gasteiger partial charge in [-0.25, -0.2) is 0 Å². The van der Waals surface area contributed by atoms with E-state index in [1.165, 1.54) is 56.0 Å². The van der Waals surface area contributed by atoms with E-state index in [0.29, 0.717) is 12.0 Å². The van der Waals surface area contributed by atoms with E-state index in [9.17, 15) is 0 Å². The van der Waals surface area contributed by atoms with Crippen LogP contribution in [-0.2, 0) is 6.42 Å². The van der Waals surface area contributed by atoms with Gasteiger partial charge in [0.15, 0.2) is 0 Å². The van der Waals surface area contributed by atoms with Gasteiger partial charge in [0.25, 0.3) is 0 Å². The van der Waals surface area contributed by atoms with Crippen LogP contribution in [0.1, 0.15) is 29.9 Å². The Morgan fingerprint density at radius 1 is 1.04 bits per heavy atom. The van der Waals surface area contributed by atoms with Gasteiger partial charge in [-0.2, -0.15) is 0 Å². The van der Waals surface area contributed by atoms with Crippen LogP contribution in [0.5, 0.6) is 0 Å². The number of likely N-dealkylation sites (tertiary alicyclic amines) is 1. The summed E-state index contributed by atoms with van der Waals surface area (Å²) in [5.74, 6) is 0.667. The van der Waals surface area contributed by atoms with Crippen LogP contribution in [0.25, 0.3) is 0 Å². The average Bonchev–Trinajstić information content (AvgIpc) is 3.01. The Hall–Kier alpha value is -1.71. The van der Waals surface area contributed by atoms with Crippen molar-refractivity contribution in [2.75, 3.05) is 49.6 Å². The van der Waals surface area contributed by atoms with Crippen molar-refractivity contribution in [3.8, 4) is 0 Å². The van der Waals surface area contributed by atoms with Crippen molar-refractivity contribution in [3.05, 3.63) is 58.6 Å². The van der Waals surface area contributed by atoms with Gasteiger partial charge >= 0.3 is 0 Å². The SMILES string of the molecule is CN1CCN2c3c(cccc31)[C@@H]1CN(CCCc3ccccc3Cl)CC[C@@H]12. The molecule has 0 radical (unpaired) electrons. The minimum atomic E-state index is 0.667. The van der Waals surface area contributed by atoms with Gasteiger partial charge in [0.2, 0.25) is 0 Å². The third kappa shape index (κ3) is 3.01. The molecule has 0 amide bonds. The van der Waals surface area contributed by atoms with Crippen LogP contribution in [0.2, 0.25) is 5.02 Å². The molecule has 3 nitrogen and oxygen atoms in total. The first kappa shape index (κ1) is 17.4. The number of halogens is 1. The summed E-state index contributed by atoms with van der Waals surface area (Å²) in [5.41, 5.74) is 5.82. The molecule has 4 heteroatoms. The summed E-state index contributed by atoms with van der Waals surface area (Å²) in [6, 6.07) is 15.9. The zero-order valence-corrected chi connectivity index (χ0v) is 16.8. The Kier molecular flexibility index (Phi) is 4.53. The topological polar surface area (TPSA) is 9.72 Å². The first-order chi connectivity index (χ1) is 13.2. The van der Waals surface area contributed by atoms with E-state index in [-0.39, 0.29) is 0 Å². The second kappa shape index (κ2) is 7.03.